The smallest absolute Gasteiger partial charge is 0.169 e. The van der Waals surface area contributed by atoms with Crippen LogP contribution in [0.4, 0.5) is 5.69 Å². The normalized spacial score (nSPS) is 11.7. The Labute approximate surface area is 184 Å². The molecule has 3 aromatic carbocycles. The molecule has 0 radical (unpaired) electrons. The fourth-order valence-corrected chi connectivity index (χ4v) is 4.16. The molecule has 4 heteroatoms. The van der Waals surface area contributed by atoms with Crippen LogP contribution in [0.15, 0.2) is 59.4 Å². The van der Waals surface area contributed by atoms with Crippen LogP contribution in [0.25, 0.3) is 33.0 Å². The monoisotopic (exact) mass is 416 g/mol. The molecule has 1 aromatic heterocycles. The average Bonchev–Trinajstić information content (AvgIpc) is 3.27. The molecule has 0 aliphatic heterocycles. The van der Waals surface area contributed by atoms with E-state index in [0.717, 1.165) is 26.4 Å². The molecule has 0 fully saturated rings. The first-order valence-electron chi connectivity index (χ1n) is 10.4. The van der Waals surface area contributed by atoms with E-state index in [1.54, 1.807) is 26.7 Å². The first-order chi connectivity index (χ1) is 14.7. The van der Waals surface area contributed by atoms with Crippen molar-refractivity contribution in [3.05, 3.63) is 66.1 Å². The van der Waals surface area contributed by atoms with Crippen LogP contribution >= 0.6 is 0 Å². The number of hydrogen-bond donors (Lipinski definition) is 0. The molecule has 31 heavy (non-hydrogen) atoms. The lowest BCUT2D eigenvalue weighted by molar-refractivity contribution is 0.357. The highest BCUT2D eigenvalue weighted by Crippen LogP contribution is 2.45. The van der Waals surface area contributed by atoms with Gasteiger partial charge in [-0.3, -0.25) is 4.48 Å². The van der Waals surface area contributed by atoms with E-state index in [4.69, 9.17) is 13.9 Å². The average molecular weight is 417 g/mol. The molecule has 160 valence electrons. The third-order valence-corrected chi connectivity index (χ3v) is 5.94. The molecule has 0 spiro atoms. The van der Waals surface area contributed by atoms with E-state index in [1.165, 1.54) is 27.9 Å². The summed E-state index contributed by atoms with van der Waals surface area (Å²) < 4.78 is 17.5. The zero-order valence-electron chi connectivity index (χ0n) is 19.4. The quantitative estimate of drug-likeness (QED) is 0.344. The van der Waals surface area contributed by atoms with Gasteiger partial charge in [-0.1, -0.05) is 12.1 Å². The van der Waals surface area contributed by atoms with Crippen LogP contribution in [-0.4, -0.2) is 35.4 Å². The molecule has 4 aromatic rings. The molecule has 0 atom stereocenters. The van der Waals surface area contributed by atoms with Gasteiger partial charge in [-0.05, 0) is 65.6 Å². The Morgan fingerprint density at radius 2 is 1.55 bits per heavy atom. The van der Waals surface area contributed by atoms with Crippen molar-refractivity contribution in [3.8, 4) is 33.8 Å². The standard InChI is InChI=1S/C27H30NO3/c1-17-12-23(24(13-18(17)2)28(3,4)5)19-8-9-22-21(14-19)15-25(29-6)27(30-7)26(22)20-10-11-31-16-20/h8-16H,1-7H3/q+1. The highest BCUT2D eigenvalue weighted by Gasteiger charge is 2.22. The van der Waals surface area contributed by atoms with Crippen LogP contribution in [0.1, 0.15) is 11.1 Å². The second-order valence-corrected chi connectivity index (χ2v) is 8.90. The van der Waals surface area contributed by atoms with Gasteiger partial charge in [0.15, 0.2) is 11.5 Å². The summed E-state index contributed by atoms with van der Waals surface area (Å²) in [6, 6.07) is 15.2. The van der Waals surface area contributed by atoms with Crippen molar-refractivity contribution in [2.75, 3.05) is 35.4 Å². The second-order valence-electron chi connectivity index (χ2n) is 8.90. The second kappa shape index (κ2) is 7.78. The third kappa shape index (κ3) is 3.68. The van der Waals surface area contributed by atoms with Crippen molar-refractivity contribution in [3.63, 3.8) is 0 Å². The van der Waals surface area contributed by atoms with Gasteiger partial charge in [0.2, 0.25) is 0 Å². The number of rotatable bonds is 5. The summed E-state index contributed by atoms with van der Waals surface area (Å²) in [5, 5.41) is 2.19. The highest BCUT2D eigenvalue weighted by molar-refractivity contribution is 6.03. The van der Waals surface area contributed by atoms with Crippen molar-refractivity contribution in [2.24, 2.45) is 0 Å². The van der Waals surface area contributed by atoms with Crippen LogP contribution in [0.2, 0.25) is 0 Å². The van der Waals surface area contributed by atoms with Gasteiger partial charge in [0, 0.05) is 22.8 Å². The number of ether oxygens (including phenoxy) is 2. The predicted octanol–water partition coefficient (Wildman–Crippen LogP) is 6.60. The van der Waals surface area contributed by atoms with Crippen molar-refractivity contribution in [1.29, 1.82) is 0 Å². The Morgan fingerprint density at radius 3 is 2.16 bits per heavy atom. The van der Waals surface area contributed by atoms with Gasteiger partial charge in [-0.2, -0.15) is 0 Å². The molecule has 0 aliphatic rings. The molecule has 0 saturated carbocycles. The maximum Gasteiger partial charge on any atom is 0.169 e. The van der Waals surface area contributed by atoms with Crippen LogP contribution in [0.3, 0.4) is 0 Å². The fraction of sp³-hybridized carbons (Fsp3) is 0.259. The van der Waals surface area contributed by atoms with E-state index < -0.39 is 0 Å². The highest BCUT2D eigenvalue weighted by atomic mass is 16.5. The summed E-state index contributed by atoms with van der Waals surface area (Å²) in [4.78, 5) is 0. The van der Waals surface area contributed by atoms with E-state index in [1.807, 2.05) is 12.1 Å². The first kappa shape index (κ1) is 21.0. The van der Waals surface area contributed by atoms with Crippen LogP contribution < -0.4 is 14.0 Å². The molecule has 0 N–H and O–H groups in total. The molecular weight excluding hydrogens is 386 g/mol. The lowest BCUT2D eigenvalue weighted by Crippen LogP contribution is -2.35. The largest absolute Gasteiger partial charge is 0.493 e. The summed E-state index contributed by atoms with van der Waals surface area (Å²) in [6.45, 7) is 4.34. The summed E-state index contributed by atoms with van der Waals surface area (Å²) >= 11 is 0. The zero-order valence-corrected chi connectivity index (χ0v) is 19.4. The lowest BCUT2D eigenvalue weighted by Gasteiger charge is -2.27. The van der Waals surface area contributed by atoms with Gasteiger partial charge in [0.1, 0.15) is 5.69 Å². The minimum absolute atomic E-state index is 0.704. The molecule has 0 saturated heterocycles. The summed E-state index contributed by atoms with van der Waals surface area (Å²) in [5.41, 5.74) is 8.26. The number of fused-ring (bicyclic) bond motifs is 1. The predicted molar refractivity (Wildman–Crippen MR) is 129 cm³/mol. The Bertz CT molecular complexity index is 1250. The van der Waals surface area contributed by atoms with Gasteiger partial charge in [-0.25, -0.2) is 0 Å². The maximum atomic E-state index is 5.74. The number of hydrogen-bond acceptors (Lipinski definition) is 3. The summed E-state index contributed by atoms with van der Waals surface area (Å²) in [7, 11) is 9.97. The Kier molecular flexibility index (Phi) is 5.28. The molecule has 1 heterocycles. The molecule has 0 bridgehead atoms. The molecule has 4 nitrogen and oxygen atoms in total. The number of aryl methyl sites for hydroxylation is 2. The minimum atomic E-state index is 0.704. The summed E-state index contributed by atoms with van der Waals surface area (Å²) in [5.74, 6) is 1.41. The fourth-order valence-electron chi connectivity index (χ4n) is 4.16. The molecular formula is C27H30NO3+. The van der Waals surface area contributed by atoms with Gasteiger partial charge in [0.05, 0.1) is 47.9 Å². The van der Waals surface area contributed by atoms with Crippen LogP contribution in [0, 0.1) is 13.8 Å². The van der Waals surface area contributed by atoms with E-state index in [9.17, 15) is 0 Å². The molecule has 0 amide bonds. The molecule has 0 unspecified atom stereocenters. The van der Waals surface area contributed by atoms with Gasteiger partial charge in [-0.15, -0.1) is 0 Å². The van der Waals surface area contributed by atoms with Crippen molar-refractivity contribution in [2.45, 2.75) is 13.8 Å². The Balaban J connectivity index is 2.02. The van der Waals surface area contributed by atoms with Crippen LogP contribution in [0.5, 0.6) is 11.5 Å². The van der Waals surface area contributed by atoms with Gasteiger partial charge < -0.3 is 13.9 Å². The van der Waals surface area contributed by atoms with E-state index >= 15 is 0 Å². The zero-order chi connectivity index (χ0) is 22.3. The van der Waals surface area contributed by atoms with Gasteiger partial charge >= 0.3 is 0 Å². The van der Waals surface area contributed by atoms with Crippen molar-refractivity contribution in [1.82, 2.24) is 4.48 Å². The number of benzene rings is 3. The first-order valence-corrected chi connectivity index (χ1v) is 10.4. The maximum absolute atomic E-state index is 5.74. The SMILES string of the molecule is COc1cc2cc(-c3cc(C)c(C)cc3[N+](C)(C)C)ccc2c(-c2ccoc2)c1OC. The van der Waals surface area contributed by atoms with Crippen molar-refractivity contribution >= 4 is 16.5 Å². The lowest BCUT2D eigenvalue weighted by atomic mass is 9.92. The van der Waals surface area contributed by atoms with E-state index in [-0.39, 0.29) is 0 Å². The third-order valence-electron chi connectivity index (χ3n) is 5.94. The van der Waals surface area contributed by atoms with E-state index in [0.29, 0.717) is 11.5 Å². The minimum Gasteiger partial charge on any atom is -0.493 e. The molecule has 4 rings (SSSR count). The van der Waals surface area contributed by atoms with Gasteiger partial charge in [0.25, 0.3) is 0 Å². The van der Waals surface area contributed by atoms with E-state index in [2.05, 4.69) is 65.3 Å². The summed E-state index contributed by atoms with van der Waals surface area (Å²) in [6.07, 6.45) is 3.42. The van der Waals surface area contributed by atoms with Crippen LogP contribution in [-0.2, 0) is 0 Å². The Morgan fingerprint density at radius 1 is 0.806 bits per heavy atom. The Hall–Kier alpha value is -3.24. The topological polar surface area (TPSA) is 31.6 Å². The van der Waals surface area contributed by atoms with Crippen molar-refractivity contribution < 1.29 is 13.9 Å². The number of nitrogens with zero attached hydrogens (tertiary/aromatic N) is 1. The number of furan rings is 1. The number of methoxy groups -OCH3 is 2. The number of quaternary nitrogens is 1. The molecule has 0 aliphatic carbocycles.